The van der Waals surface area contributed by atoms with Crippen LogP contribution in [0.15, 0.2) is 12.1 Å². The van der Waals surface area contributed by atoms with Crippen LogP contribution in [0.2, 0.25) is 0 Å². The normalized spacial score (nSPS) is 20.0. The summed E-state index contributed by atoms with van der Waals surface area (Å²) in [7, 11) is 0. The van der Waals surface area contributed by atoms with Gasteiger partial charge in [-0.25, -0.2) is 4.98 Å². The molecule has 1 saturated heterocycles. The predicted molar refractivity (Wildman–Crippen MR) is 87.6 cm³/mol. The molecule has 0 spiro atoms. The van der Waals surface area contributed by atoms with Crippen LogP contribution in [-0.2, 0) is 17.6 Å². The van der Waals surface area contributed by atoms with E-state index in [-0.39, 0.29) is 11.8 Å². The van der Waals surface area contributed by atoms with Crippen molar-refractivity contribution in [2.24, 2.45) is 17.6 Å². The molecule has 1 aromatic heterocycles. The van der Waals surface area contributed by atoms with Crippen molar-refractivity contribution in [3.8, 4) is 0 Å². The van der Waals surface area contributed by atoms with Crippen molar-refractivity contribution < 1.29 is 4.79 Å². The largest absolute Gasteiger partial charge is 0.370 e. The standard InChI is InChI=1S/C17H26N4O/c18-16(22)15(12-7-10-19-11-8-12)6-5-14-4-3-13-2-1-9-20-17(13)21-14/h3-4,12,15,19H,1-2,5-11H2,(H2,18,22)(H,20,21). The second-order valence-electron chi connectivity index (χ2n) is 6.48. The monoisotopic (exact) mass is 302 g/mol. The minimum atomic E-state index is -0.150. The molecule has 0 aliphatic carbocycles. The fourth-order valence-corrected chi connectivity index (χ4v) is 3.67. The number of nitrogens with two attached hydrogens (primary N) is 1. The van der Waals surface area contributed by atoms with Crippen molar-refractivity contribution in [1.82, 2.24) is 10.3 Å². The van der Waals surface area contributed by atoms with Gasteiger partial charge in [-0.05, 0) is 69.2 Å². The van der Waals surface area contributed by atoms with Crippen molar-refractivity contribution >= 4 is 11.7 Å². The van der Waals surface area contributed by atoms with E-state index < -0.39 is 0 Å². The number of carbonyl (C=O) groups is 1. The summed E-state index contributed by atoms with van der Waals surface area (Å²) >= 11 is 0. The Bertz CT molecular complexity index is 525. The van der Waals surface area contributed by atoms with Crippen LogP contribution in [0.3, 0.4) is 0 Å². The summed E-state index contributed by atoms with van der Waals surface area (Å²) in [6, 6.07) is 4.28. The number of aryl methyl sites for hydroxylation is 2. The van der Waals surface area contributed by atoms with Gasteiger partial charge in [0.05, 0.1) is 0 Å². The summed E-state index contributed by atoms with van der Waals surface area (Å²) in [5.41, 5.74) is 8.02. The van der Waals surface area contributed by atoms with E-state index in [1.54, 1.807) is 0 Å². The van der Waals surface area contributed by atoms with Crippen molar-refractivity contribution in [3.05, 3.63) is 23.4 Å². The van der Waals surface area contributed by atoms with Crippen LogP contribution in [0.25, 0.3) is 0 Å². The number of fused-ring (bicyclic) bond motifs is 1. The number of pyridine rings is 1. The lowest BCUT2D eigenvalue weighted by atomic mass is 9.81. The van der Waals surface area contributed by atoms with Gasteiger partial charge in [0.1, 0.15) is 5.82 Å². The third kappa shape index (κ3) is 3.58. The van der Waals surface area contributed by atoms with Crippen LogP contribution in [0.4, 0.5) is 5.82 Å². The van der Waals surface area contributed by atoms with Crippen LogP contribution in [0.1, 0.15) is 36.9 Å². The van der Waals surface area contributed by atoms with Crippen LogP contribution < -0.4 is 16.4 Å². The first kappa shape index (κ1) is 15.3. The zero-order valence-corrected chi connectivity index (χ0v) is 13.1. The van der Waals surface area contributed by atoms with Gasteiger partial charge in [-0.2, -0.15) is 0 Å². The SMILES string of the molecule is NC(=O)C(CCc1ccc2c(n1)NCCC2)C1CCNCC1. The molecule has 1 atom stereocenters. The highest BCUT2D eigenvalue weighted by atomic mass is 16.1. The minimum Gasteiger partial charge on any atom is -0.370 e. The highest BCUT2D eigenvalue weighted by Gasteiger charge is 2.27. The number of amides is 1. The quantitative estimate of drug-likeness (QED) is 0.769. The summed E-state index contributed by atoms with van der Waals surface area (Å²) in [6.45, 7) is 2.99. The highest BCUT2D eigenvalue weighted by Crippen LogP contribution is 2.27. The van der Waals surface area contributed by atoms with Gasteiger partial charge < -0.3 is 16.4 Å². The third-order valence-electron chi connectivity index (χ3n) is 4.98. The van der Waals surface area contributed by atoms with Gasteiger partial charge in [0.15, 0.2) is 0 Å². The number of aromatic nitrogens is 1. The maximum Gasteiger partial charge on any atom is 0.220 e. The Balaban J connectivity index is 1.63. The van der Waals surface area contributed by atoms with Crippen LogP contribution in [0.5, 0.6) is 0 Å². The first-order valence-electron chi connectivity index (χ1n) is 8.47. The summed E-state index contributed by atoms with van der Waals surface area (Å²) in [5.74, 6) is 1.28. The van der Waals surface area contributed by atoms with E-state index in [4.69, 9.17) is 10.7 Å². The van der Waals surface area contributed by atoms with Gasteiger partial charge in [-0.1, -0.05) is 6.07 Å². The molecule has 4 N–H and O–H groups in total. The van der Waals surface area contributed by atoms with E-state index in [0.29, 0.717) is 5.92 Å². The third-order valence-corrected chi connectivity index (χ3v) is 4.98. The number of hydrogen-bond donors (Lipinski definition) is 3. The number of nitrogens with zero attached hydrogens (tertiary/aromatic N) is 1. The molecular formula is C17H26N4O. The smallest absolute Gasteiger partial charge is 0.220 e. The van der Waals surface area contributed by atoms with Crippen molar-refractivity contribution in [1.29, 1.82) is 0 Å². The molecule has 2 aliphatic heterocycles. The number of nitrogens with one attached hydrogen (secondary N) is 2. The van der Waals surface area contributed by atoms with Crippen molar-refractivity contribution in [3.63, 3.8) is 0 Å². The molecule has 5 nitrogen and oxygen atoms in total. The predicted octanol–water partition coefficient (Wildman–Crippen LogP) is 1.47. The molecule has 3 rings (SSSR count). The maximum atomic E-state index is 11.8. The maximum absolute atomic E-state index is 11.8. The molecular weight excluding hydrogens is 276 g/mol. The van der Waals surface area contributed by atoms with Crippen molar-refractivity contribution in [2.75, 3.05) is 25.0 Å². The fourth-order valence-electron chi connectivity index (χ4n) is 3.67. The lowest BCUT2D eigenvalue weighted by Crippen LogP contribution is -2.37. The van der Waals surface area contributed by atoms with Crippen LogP contribution >= 0.6 is 0 Å². The van der Waals surface area contributed by atoms with E-state index in [0.717, 1.165) is 63.3 Å². The Morgan fingerprint density at radius 3 is 2.91 bits per heavy atom. The molecule has 0 bridgehead atoms. The zero-order chi connectivity index (χ0) is 15.4. The molecule has 5 heteroatoms. The Labute approximate surface area is 132 Å². The molecule has 22 heavy (non-hydrogen) atoms. The van der Waals surface area contributed by atoms with Gasteiger partial charge >= 0.3 is 0 Å². The van der Waals surface area contributed by atoms with E-state index in [1.807, 2.05) is 0 Å². The van der Waals surface area contributed by atoms with E-state index in [2.05, 4.69) is 22.8 Å². The molecule has 1 fully saturated rings. The molecule has 1 aromatic rings. The molecule has 0 saturated carbocycles. The summed E-state index contributed by atoms with van der Waals surface area (Å²) in [4.78, 5) is 16.5. The van der Waals surface area contributed by atoms with Gasteiger partial charge in [-0.3, -0.25) is 4.79 Å². The summed E-state index contributed by atoms with van der Waals surface area (Å²) in [6.07, 6.45) is 6.01. The topological polar surface area (TPSA) is 80.0 Å². The Kier molecular flexibility index (Phi) is 4.93. The lowest BCUT2D eigenvalue weighted by molar-refractivity contribution is -0.124. The average Bonchev–Trinajstić information content (AvgIpc) is 2.55. The number of piperidine rings is 1. The van der Waals surface area contributed by atoms with Crippen LogP contribution in [-0.4, -0.2) is 30.5 Å². The van der Waals surface area contributed by atoms with E-state index >= 15 is 0 Å². The fraction of sp³-hybridized carbons (Fsp3) is 0.647. The van der Waals surface area contributed by atoms with Crippen molar-refractivity contribution in [2.45, 2.75) is 38.5 Å². The second kappa shape index (κ2) is 7.09. The Morgan fingerprint density at radius 1 is 1.32 bits per heavy atom. The van der Waals surface area contributed by atoms with Crippen LogP contribution in [0, 0.1) is 11.8 Å². The number of carbonyl (C=O) groups excluding carboxylic acids is 1. The first-order chi connectivity index (χ1) is 10.7. The molecule has 3 heterocycles. The Morgan fingerprint density at radius 2 is 2.14 bits per heavy atom. The molecule has 1 amide bonds. The number of rotatable bonds is 5. The molecule has 2 aliphatic rings. The van der Waals surface area contributed by atoms with Gasteiger partial charge in [0.2, 0.25) is 5.91 Å². The number of hydrogen-bond acceptors (Lipinski definition) is 4. The number of anilines is 1. The summed E-state index contributed by atoms with van der Waals surface area (Å²) in [5, 5.41) is 6.71. The van der Waals surface area contributed by atoms with E-state index in [9.17, 15) is 4.79 Å². The average molecular weight is 302 g/mol. The minimum absolute atomic E-state index is 0.0205. The molecule has 0 radical (unpaired) electrons. The molecule has 0 aromatic carbocycles. The summed E-state index contributed by atoms with van der Waals surface area (Å²) < 4.78 is 0. The number of primary amides is 1. The van der Waals surface area contributed by atoms with Gasteiger partial charge in [0, 0.05) is 18.2 Å². The van der Waals surface area contributed by atoms with Gasteiger partial charge in [0.25, 0.3) is 0 Å². The second-order valence-corrected chi connectivity index (χ2v) is 6.48. The Hall–Kier alpha value is -1.62. The molecule has 1 unspecified atom stereocenters. The van der Waals surface area contributed by atoms with Gasteiger partial charge in [-0.15, -0.1) is 0 Å². The van der Waals surface area contributed by atoms with E-state index in [1.165, 1.54) is 12.0 Å². The zero-order valence-electron chi connectivity index (χ0n) is 13.1. The molecule has 120 valence electrons. The first-order valence-corrected chi connectivity index (χ1v) is 8.47. The highest BCUT2D eigenvalue weighted by molar-refractivity contribution is 5.77. The lowest BCUT2D eigenvalue weighted by Gasteiger charge is -2.28.